The zero-order valence-corrected chi connectivity index (χ0v) is 23.5. The Morgan fingerprint density at radius 3 is 2.40 bits per heavy atom. The Morgan fingerprint density at radius 2 is 1.83 bits per heavy atom. The van der Waals surface area contributed by atoms with Crippen molar-refractivity contribution < 1.29 is 32.9 Å². The molecule has 2 aromatic rings. The second-order valence-electron chi connectivity index (χ2n) is 10.3. The first-order valence-electron chi connectivity index (χ1n) is 13.4. The molecule has 220 valence electrons. The molecule has 1 saturated heterocycles. The van der Waals surface area contributed by atoms with Gasteiger partial charge in [0.2, 0.25) is 0 Å². The summed E-state index contributed by atoms with van der Waals surface area (Å²) in [6.45, 7) is 5.76. The number of hydrogen-bond donors (Lipinski definition) is 4. The van der Waals surface area contributed by atoms with Crippen LogP contribution in [0.3, 0.4) is 0 Å². The molecule has 0 spiro atoms. The predicted molar refractivity (Wildman–Crippen MR) is 150 cm³/mol. The van der Waals surface area contributed by atoms with Gasteiger partial charge in [-0.15, -0.1) is 0 Å². The summed E-state index contributed by atoms with van der Waals surface area (Å²) in [5, 5.41) is 15.4. The predicted octanol–water partition coefficient (Wildman–Crippen LogP) is 1.57. The van der Waals surface area contributed by atoms with E-state index in [4.69, 9.17) is 4.52 Å². The van der Waals surface area contributed by atoms with Crippen molar-refractivity contribution in [3.63, 3.8) is 0 Å². The van der Waals surface area contributed by atoms with Crippen molar-refractivity contribution in [2.24, 2.45) is 11.8 Å². The third-order valence-corrected chi connectivity index (χ3v) is 6.85. The minimum atomic E-state index is -0.942. The van der Waals surface area contributed by atoms with Crippen molar-refractivity contribution in [3.05, 3.63) is 76.3 Å². The number of hydrogen-bond acceptors (Lipinski definition) is 10. The molecule has 1 aliphatic rings. The Labute approximate surface area is 242 Å². The summed E-state index contributed by atoms with van der Waals surface area (Å²) in [5.74, 6) is 6.16. The van der Waals surface area contributed by atoms with Crippen LogP contribution in [0.2, 0.25) is 0 Å². The van der Waals surface area contributed by atoms with E-state index < -0.39 is 29.8 Å². The van der Waals surface area contributed by atoms with Gasteiger partial charge in [-0.25, -0.2) is 23.6 Å². The number of amides is 1. The van der Waals surface area contributed by atoms with Gasteiger partial charge in [0.25, 0.3) is 5.91 Å². The lowest BCUT2D eigenvalue weighted by molar-refractivity contribution is 0.0923. The highest BCUT2D eigenvalue weighted by Crippen LogP contribution is 2.23. The molecule has 11 nitrogen and oxygen atoms in total. The summed E-state index contributed by atoms with van der Waals surface area (Å²) in [5.41, 5.74) is 0.907. The van der Waals surface area contributed by atoms with Gasteiger partial charge in [0.05, 0.1) is 23.8 Å². The maximum Gasteiger partial charge on any atom is 0.274 e. The number of nitrogens with zero attached hydrogens (tertiary/aromatic N) is 1. The number of halogens is 1. The zero-order chi connectivity index (χ0) is 30.6. The van der Waals surface area contributed by atoms with Gasteiger partial charge in [0.1, 0.15) is 46.7 Å². The summed E-state index contributed by atoms with van der Waals surface area (Å²) in [7, 11) is 0. The lowest BCUT2D eigenvalue weighted by Crippen LogP contribution is -2.49. The van der Waals surface area contributed by atoms with E-state index >= 15 is 0 Å². The van der Waals surface area contributed by atoms with Gasteiger partial charge in [0, 0.05) is 24.6 Å². The van der Waals surface area contributed by atoms with E-state index in [9.17, 15) is 28.4 Å². The van der Waals surface area contributed by atoms with Crippen molar-refractivity contribution in [2.45, 2.75) is 58.2 Å². The maximum atomic E-state index is 13.6. The smallest absolute Gasteiger partial charge is 0.274 e. The first-order valence-corrected chi connectivity index (χ1v) is 13.4. The number of allylic oxidation sites excluding steroid dienone is 1. The van der Waals surface area contributed by atoms with Crippen LogP contribution in [0, 0.1) is 24.6 Å². The maximum absolute atomic E-state index is 13.6. The zero-order valence-electron chi connectivity index (χ0n) is 23.5. The average molecular weight is 578 g/mol. The molecule has 1 aromatic heterocycles. The van der Waals surface area contributed by atoms with Gasteiger partial charge in [-0.05, 0) is 49.8 Å². The molecular formula is C30H32FN5O6. The van der Waals surface area contributed by atoms with E-state index in [1.807, 2.05) is 17.8 Å². The van der Waals surface area contributed by atoms with E-state index in [1.165, 1.54) is 36.4 Å². The second-order valence-corrected chi connectivity index (χ2v) is 10.3. The number of carbonyl (C=O) groups is 1. The van der Waals surface area contributed by atoms with Gasteiger partial charge < -0.3 is 25.8 Å². The molecule has 0 saturated carbocycles. The van der Waals surface area contributed by atoms with Crippen molar-refractivity contribution in [3.8, 4) is 0 Å². The minimum Gasteiger partial charge on any atom is -0.379 e. The molecular weight excluding hydrogens is 545 g/mol. The molecule has 0 radical (unpaired) electrons. The molecule has 4 N–H and O–H groups in total. The highest BCUT2D eigenvalue weighted by Gasteiger charge is 2.30. The number of carbonyl (C=O) groups excluding carboxylic acids is 5. The SMILES string of the molecule is Cc1cc(C(=O)N[C@H](C(=C=O)N[C@@H](Cc2ccc(F)cc2)C(=C=O)N[C@H](C=C=O)C[C@@H]2CCNC2=C=O)C(C)C)no1. The molecule has 42 heavy (non-hydrogen) atoms. The van der Waals surface area contributed by atoms with Crippen molar-refractivity contribution in [1.82, 2.24) is 26.4 Å². The lowest BCUT2D eigenvalue weighted by atomic mass is 9.95. The molecule has 0 bridgehead atoms. The summed E-state index contributed by atoms with van der Waals surface area (Å²) in [4.78, 5) is 60.0. The topological polar surface area (TPSA) is 160 Å². The van der Waals surface area contributed by atoms with Crippen LogP contribution < -0.4 is 21.3 Å². The van der Waals surface area contributed by atoms with Crippen molar-refractivity contribution >= 4 is 29.7 Å². The largest absolute Gasteiger partial charge is 0.379 e. The number of benzene rings is 1. The van der Waals surface area contributed by atoms with E-state index in [-0.39, 0.29) is 41.8 Å². The van der Waals surface area contributed by atoms with Crippen LogP contribution in [0.4, 0.5) is 4.39 Å². The van der Waals surface area contributed by atoms with E-state index in [2.05, 4.69) is 26.4 Å². The molecule has 2 heterocycles. The Balaban J connectivity index is 1.90. The molecule has 0 unspecified atom stereocenters. The van der Waals surface area contributed by atoms with Crippen LogP contribution in [0.1, 0.15) is 48.5 Å². The van der Waals surface area contributed by atoms with Crippen molar-refractivity contribution in [2.75, 3.05) is 6.54 Å². The monoisotopic (exact) mass is 577 g/mol. The fourth-order valence-electron chi connectivity index (χ4n) is 4.70. The van der Waals surface area contributed by atoms with Gasteiger partial charge in [-0.3, -0.25) is 4.79 Å². The normalized spacial score (nSPS) is 16.0. The summed E-state index contributed by atoms with van der Waals surface area (Å²) >= 11 is 0. The standard InChI is InChI=1S/C30H32FN5O6/c1-18(2)29(35-30(41)25-12-19(3)42-36-25)28(17-40)34-24(13-20-4-6-22(31)7-5-20)27(16-39)33-23(9-11-37)14-21-8-10-32-26(21)15-38/h4-7,9,12,18,21,23-24,29,32-34H,8,10,13-14H2,1-3H3,(H,35,41)/t21-,23+,24-,29-/m0/s1. The summed E-state index contributed by atoms with van der Waals surface area (Å²) < 4.78 is 18.6. The highest BCUT2D eigenvalue weighted by molar-refractivity contribution is 5.92. The minimum absolute atomic E-state index is 0.0232. The Kier molecular flexibility index (Phi) is 11.4. The van der Waals surface area contributed by atoms with Crippen molar-refractivity contribution in [1.29, 1.82) is 0 Å². The molecule has 1 aliphatic heterocycles. The quantitative estimate of drug-likeness (QED) is 0.243. The fraction of sp³-hybridized carbons (Fsp3) is 0.400. The molecule has 1 amide bonds. The van der Waals surface area contributed by atoms with Gasteiger partial charge in [-0.1, -0.05) is 31.1 Å². The van der Waals surface area contributed by atoms with Crippen LogP contribution in [-0.2, 0) is 25.6 Å². The summed E-state index contributed by atoms with van der Waals surface area (Å²) in [6, 6.07) is 4.49. The second kappa shape index (κ2) is 15.1. The lowest BCUT2D eigenvalue weighted by Gasteiger charge is -2.29. The molecule has 3 rings (SSSR count). The Morgan fingerprint density at radius 1 is 1.12 bits per heavy atom. The van der Waals surface area contributed by atoms with E-state index in [1.54, 1.807) is 26.7 Å². The first-order chi connectivity index (χ1) is 20.2. The number of aromatic nitrogens is 1. The van der Waals surface area contributed by atoms with Gasteiger partial charge in [-0.2, -0.15) is 0 Å². The van der Waals surface area contributed by atoms with Crippen LogP contribution in [0.25, 0.3) is 0 Å². The molecule has 12 heteroatoms. The van der Waals surface area contributed by atoms with Crippen LogP contribution >= 0.6 is 0 Å². The third-order valence-electron chi connectivity index (χ3n) is 6.85. The molecule has 4 atom stereocenters. The molecule has 1 fully saturated rings. The number of aryl methyl sites for hydroxylation is 1. The van der Waals surface area contributed by atoms with Crippen LogP contribution in [-0.4, -0.2) is 59.5 Å². The Hall–Kier alpha value is -4.97. The van der Waals surface area contributed by atoms with Crippen LogP contribution in [0.15, 0.2) is 58.0 Å². The average Bonchev–Trinajstić information content (AvgIpc) is 3.62. The number of rotatable bonds is 14. The third kappa shape index (κ3) is 8.51. The van der Waals surface area contributed by atoms with E-state index in [0.29, 0.717) is 30.0 Å². The Bertz CT molecular complexity index is 1460. The summed E-state index contributed by atoms with van der Waals surface area (Å²) in [6.07, 6.45) is 2.19. The number of nitrogens with one attached hydrogen (secondary N) is 4. The van der Waals surface area contributed by atoms with Crippen LogP contribution in [0.5, 0.6) is 0 Å². The van der Waals surface area contributed by atoms with Gasteiger partial charge in [0.15, 0.2) is 5.69 Å². The first kappa shape index (κ1) is 31.6. The fourth-order valence-corrected chi connectivity index (χ4v) is 4.70. The molecule has 1 aromatic carbocycles. The van der Waals surface area contributed by atoms with E-state index in [0.717, 1.165) is 0 Å². The molecule has 0 aliphatic carbocycles. The van der Waals surface area contributed by atoms with Gasteiger partial charge >= 0.3 is 0 Å². The highest BCUT2D eigenvalue weighted by atomic mass is 19.1.